The molecule has 3 saturated carbocycles. The summed E-state index contributed by atoms with van der Waals surface area (Å²) in [6, 6.07) is 0. The van der Waals surface area contributed by atoms with Crippen LogP contribution in [-0.2, 0) is 11.8 Å². The fourth-order valence-electron chi connectivity index (χ4n) is 7.34. The van der Waals surface area contributed by atoms with Crippen LogP contribution < -0.4 is 0 Å². The Hall–Kier alpha value is -0.410. The highest BCUT2D eigenvalue weighted by molar-refractivity contribution is 7.05. The van der Waals surface area contributed by atoms with E-state index in [0.717, 1.165) is 36.5 Å². The molecule has 5 rings (SSSR count). The van der Waals surface area contributed by atoms with Crippen molar-refractivity contribution in [1.29, 1.82) is 0 Å². The van der Waals surface area contributed by atoms with E-state index in [9.17, 15) is 5.11 Å². The van der Waals surface area contributed by atoms with Crippen molar-refractivity contribution in [1.82, 2.24) is 4.37 Å². The van der Waals surface area contributed by atoms with Gasteiger partial charge in [-0.15, -0.1) is 0 Å². The molecule has 0 radical (unpaired) electrons. The number of aliphatic hydroxyl groups excluding tert-OH is 1. The highest BCUT2D eigenvalue weighted by atomic mass is 32.1. The lowest BCUT2D eigenvalue weighted by Gasteiger charge is -2.60. The Balaban J connectivity index is 1.49. The minimum Gasteiger partial charge on any atom is -0.393 e. The van der Waals surface area contributed by atoms with Gasteiger partial charge in [-0.1, -0.05) is 13.8 Å². The molecule has 4 aliphatic carbocycles. The van der Waals surface area contributed by atoms with E-state index in [2.05, 4.69) is 24.4 Å². The number of nitrogens with zero attached hydrogens (tertiary/aromatic N) is 1. The summed E-state index contributed by atoms with van der Waals surface area (Å²) < 4.78 is 4.49. The second-order valence-corrected chi connectivity index (χ2v) is 10.3. The number of rotatable bonds is 0. The quantitative estimate of drug-likeness (QED) is 0.756. The van der Waals surface area contributed by atoms with Gasteiger partial charge in [0.2, 0.25) is 0 Å². The lowest BCUT2D eigenvalue weighted by molar-refractivity contribution is -0.111. The van der Waals surface area contributed by atoms with Crippen molar-refractivity contribution < 1.29 is 5.11 Å². The van der Waals surface area contributed by atoms with E-state index in [1.54, 1.807) is 22.0 Å². The van der Waals surface area contributed by atoms with E-state index in [1.807, 2.05) is 0 Å². The largest absolute Gasteiger partial charge is 0.393 e. The Labute approximate surface area is 143 Å². The van der Waals surface area contributed by atoms with Crippen LogP contribution in [0.2, 0.25) is 0 Å². The molecule has 0 saturated heterocycles. The molecule has 3 heteroatoms. The van der Waals surface area contributed by atoms with Gasteiger partial charge >= 0.3 is 0 Å². The van der Waals surface area contributed by atoms with Crippen molar-refractivity contribution in [2.45, 2.75) is 76.7 Å². The Bertz CT molecular complexity index is 627. The van der Waals surface area contributed by atoms with E-state index in [-0.39, 0.29) is 6.10 Å². The number of hydrogen-bond acceptors (Lipinski definition) is 3. The summed E-state index contributed by atoms with van der Waals surface area (Å²) >= 11 is 1.76. The molecule has 1 N–H and O–H groups in total. The molecule has 0 amide bonds. The predicted molar refractivity (Wildman–Crippen MR) is 93.6 cm³/mol. The zero-order chi connectivity index (χ0) is 15.8. The molecule has 126 valence electrons. The van der Waals surface area contributed by atoms with Gasteiger partial charge in [0.05, 0.1) is 6.10 Å². The second kappa shape index (κ2) is 4.82. The summed E-state index contributed by atoms with van der Waals surface area (Å²) in [5, 5.41) is 10.1. The van der Waals surface area contributed by atoms with E-state index in [0.29, 0.717) is 10.8 Å². The third-order valence-corrected chi connectivity index (χ3v) is 9.51. The smallest absolute Gasteiger partial charge is 0.0543 e. The molecule has 1 heterocycles. The van der Waals surface area contributed by atoms with Crippen LogP contribution in [0.15, 0.2) is 6.20 Å². The third kappa shape index (κ3) is 1.87. The zero-order valence-corrected chi connectivity index (χ0v) is 15.2. The first-order valence-corrected chi connectivity index (χ1v) is 10.4. The topological polar surface area (TPSA) is 33.1 Å². The van der Waals surface area contributed by atoms with Crippen molar-refractivity contribution in [2.75, 3.05) is 0 Å². The SMILES string of the molecule is C[C@]12CC[C@H](O)CC1CCC1C2CC[C@]2(C)c3cnsc3CC12. The maximum absolute atomic E-state index is 10.1. The molecule has 1 aromatic heterocycles. The number of fused-ring (bicyclic) bond motifs is 7. The molecule has 1 aromatic rings. The normalized spacial score (nSPS) is 51.5. The van der Waals surface area contributed by atoms with Gasteiger partial charge in [0.25, 0.3) is 0 Å². The predicted octanol–water partition coefficient (Wildman–Crippen LogP) is 4.56. The van der Waals surface area contributed by atoms with Crippen LogP contribution in [0.4, 0.5) is 0 Å². The summed E-state index contributed by atoms with van der Waals surface area (Å²) in [7, 11) is 0. The Kier molecular flexibility index (Phi) is 3.12. The van der Waals surface area contributed by atoms with Crippen molar-refractivity contribution in [2.24, 2.45) is 29.1 Å². The summed E-state index contributed by atoms with van der Waals surface area (Å²) in [6.07, 6.45) is 12.3. The van der Waals surface area contributed by atoms with Gasteiger partial charge in [-0.3, -0.25) is 0 Å². The first-order valence-electron chi connectivity index (χ1n) is 9.64. The Morgan fingerprint density at radius 2 is 2.00 bits per heavy atom. The van der Waals surface area contributed by atoms with Gasteiger partial charge < -0.3 is 5.11 Å². The highest BCUT2D eigenvalue weighted by Gasteiger charge is 2.59. The average molecular weight is 332 g/mol. The summed E-state index contributed by atoms with van der Waals surface area (Å²) in [4.78, 5) is 1.59. The fraction of sp³-hybridized carbons (Fsp3) is 0.850. The maximum atomic E-state index is 10.1. The van der Waals surface area contributed by atoms with Crippen LogP contribution in [-0.4, -0.2) is 15.6 Å². The second-order valence-electron chi connectivity index (χ2n) is 9.41. The van der Waals surface area contributed by atoms with Crippen LogP contribution in [0, 0.1) is 29.1 Å². The van der Waals surface area contributed by atoms with Crippen LogP contribution in [0.3, 0.4) is 0 Å². The van der Waals surface area contributed by atoms with Gasteiger partial charge in [0, 0.05) is 11.1 Å². The Morgan fingerprint density at radius 1 is 1.13 bits per heavy atom. The molecule has 4 unspecified atom stereocenters. The molecule has 0 aromatic carbocycles. The monoisotopic (exact) mass is 331 g/mol. The van der Waals surface area contributed by atoms with Crippen molar-refractivity contribution in [3.05, 3.63) is 16.6 Å². The van der Waals surface area contributed by atoms with Crippen LogP contribution >= 0.6 is 11.5 Å². The number of aromatic nitrogens is 1. The minimum absolute atomic E-state index is 0.0250. The Morgan fingerprint density at radius 3 is 2.87 bits per heavy atom. The van der Waals surface area contributed by atoms with Gasteiger partial charge in [-0.2, -0.15) is 0 Å². The average Bonchev–Trinajstić information content (AvgIpc) is 3.09. The molecule has 7 atom stereocenters. The van der Waals surface area contributed by atoms with Crippen molar-refractivity contribution in [3.8, 4) is 0 Å². The van der Waals surface area contributed by atoms with E-state index >= 15 is 0 Å². The van der Waals surface area contributed by atoms with Gasteiger partial charge in [0.1, 0.15) is 0 Å². The molecule has 0 spiro atoms. The highest BCUT2D eigenvalue weighted by Crippen LogP contribution is 2.65. The molecule has 23 heavy (non-hydrogen) atoms. The number of hydrogen-bond donors (Lipinski definition) is 1. The van der Waals surface area contributed by atoms with E-state index in [4.69, 9.17) is 0 Å². The van der Waals surface area contributed by atoms with Crippen molar-refractivity contribution >= 4 is 11.5 Å². The molecule has 2 nitrogen and oxygen atoms in total. The lowest BCUT2D eigenvalue weighted by Crippen LogP contribution is -2.54. The number of aliphatic hydroxyl groups is 1. The summed E-state index contributed by atoms with van der Waals surface area (Å²) in [5.74, 6) is 3.43. The van der Waals surface area contributed by atoms with Gasteiger partial charge in [-0.25, -0.2) is 4.37 Å². The first kappa shape index (κ1) is 14.9. The van der Waals surface area contributed by atoms with Gasteiger partial charge in [0.15, 0.2) is 0 Å². The van der Waals surface area contributed by atoms with E-state index < -0.39 is 0 Å². The zero-order valence-electron chi connectivity index (χ0n) is 14.4. The fourth-order valence-corrected chi connectivity index (χ4v) is 8.27. The first-order chi connectivity index (χ1) is 11.0. The lowest BCUT2D eigenvalue weighted by atomic mass is 9.45. The molecule has 0 aliphatic heterocycles. The molecule has 3 fully saturated rings. The summed E-state index contributed by atoms with van der Waals surface area (Å²) in [5.41, 5.74) is 2.50. The van der Waals surface area contributed by atoms with Crippen molar-refractivity contribution in [3.63, 3.8) is 0 Å². The van der Waals surface area contributed by atoms with E-state index in [1.165, 1.54) is 38.5 Å². The summed E-state index contributed by atoms with van der Waals surface area (Å²) in [6.45, 7) is 5.11. The standard InChI is InChI=1S/C20H29NOS/c1-19-7-5-13(22)9-12(19)3-4-14-15(19)6-8-20(2)16(14)10-18-17(20)11-21-23-18/h11-16,22H,3-10H2,1-2H3/t12?,13-,14?,15?,16?,19-,20-/m0/s1. The maximum Gasteiger partial charge on any atom is 0.0543 e. The molecule has 0 bridgehead atoms. The van der Waals surface area contributed by atoms with Crippen LogP contribution in [0.1, 0.15) is 69.2 Å². The minimum atomic E-state index is -0.0250. The van der Waals surface area contributed by atoms with Gasteiger partial charge in [-0.05, 0) is 103 Å². The molecular formula is C20H29NOS. The molecule has 4 aliphatic rings. The van der Waals surface area contributed by atoms with Crippen LogP contribution in [0.5, 0.6) is 0 Å². The molecular weight excluding hydrogens is 302 g/mol. The van der Waals surface area contributed by atoms with Crippen LogP contribution in [0.25, 0.3) is 0 Å². The third-order valence-electron chi connectivity index (χ3n) is 8.69.